The second-order valence-corrected chi connectivity index (χ2v) is 5.42. The highest BCUT2D eigenvalue weighted by Gasteiger charge is 2.12. The number of rotatable bonds is 4. The molecule has 0 unspecified atom stereocenters. The number of nitrogens with one attached hydrogen (secondary N) is 1. The van der Waals surface area contributed by atoms with Gasteiger partial charge in [-0.3, -0.25) is 5.01 Å². The molecule has 3 N–H and O–H groups in total. The number of hydrogen-bond donors (Lipinski definition) is 2. The van der Waals surface area contributed by atoms with Crippen LogP contribution in [0.4, 0.5) is 0 Å². The summed E-state index contributed by atoms with van der Waals surface area (Å²) in [4.78, 5) is 2.24. The number of hydrazine groups is 1. The van der Waals surface area contributed by atoms with E-state index in [1.165, 1.54) is 5.01 Å². The molecule has 0 bridgehead atoms. The highest BCUT2D eigenvalue weighted by Crippen LogP contribution is 2.02. The maximum atomic E-state index is 11.1. The second-order valence-electron chi connectivity index (χ2n) is 3.27. The van der Waals surface area contributed by atoms with E-state index in [1.54, 1.807) is 0 Å². The standard InChI is InChI=1S/C9H13N3O2S2/c1-16(13,14)11-12(9(10)15)7-8-5-3-2-4-6-8/h2-6,11H,7H2,1H3,(H2,10,15). The Morgan fingerprint density at radius 3 is 2.44 bits per heavy atom. The fourth-order valence-corrected chi connectivity index (χ4v) is 1.85. The first-order valence-electron chi connectivity index (χ1n) is 4.47. The van der Waals surface area contributed by atoms with Crippen molar-refractivity contribution in [3.63, 3.8) is 0 Å². The minimum Gasteiger partial charge on any atom is -0.375 e. The van der Waals surface area contributed by atoms with Gasteiger partial charge in [0.25, 0.3) is 0 Å². The van der Waals surface area contributed by atoms with Crippen molar-refractivity contribution in [1.82, 2.24) is 9.84 Å². The van der Waals surface area contributed by atoms with Gasteiger partial charge in [-0.2, -0.15) is 0 Å². The SMILES string of the molecule is CS(=O)(=O)NN(Cc1ccccc1)C(N)=S. The van der Waals surface area contributed by atoms with Gasteiger partial charge in [0.1, 0.15) is 0 Å². The van der Waals surface area contributed by atoms with E-state index in [0.29, 0.717) is 6.54 Å². The molecule has 0 saturated carbocycles. The molecule has 5 nitrogen and oxygen atoms in total. The summed E-state index contributed by atoms with van der Waals surface area (Å²) in [5.74, 6) is 0. The largest absolute Gasteiger partial charge is 0.375 e. The Kier molecular flexibility index (Phi) is 4.22. The fourth-order valence-electron chi connectivity index (χ4n) is 1.12. The maximum Gasteiger partial charge on any atom is 0.225 e. The Hall–Kier alpha value is -1.18. The van der Waals surface area contributed by atoms with E-state index < -0.39 is 10.0 Å². The van der Waals surface area contributed by atoms with Gasteiger partial charge >= 0.3 is 0 Å². The molecule has 0 aromatic heterocycles. The molecule has 0 heterocycles. The number of benzene rings is 1. The van der Waals surface area contributed by atoms with E-state index in [4.69, 9.17) is 18.0 Å². The van der Waals surface area contributed by atoms with Crippen molar-refractivity contribution >= 4 is 27.4 Å². The molecule has 0 aliphatic rings. The topological polar surface area (TPSA) is 75.4 Å². The molecule has 1 rings (SSSR count). The minimum atomic E-state index is -3.38. The van der Waals surface area contributed by atoms with Crippen LogP contribution in [0.5, 0.6) is 0 Å². The Bertz CT molecular complexity index is 459. The van der Waals surface area contributed by atoms with Crippen LogP contribution in [0.3, 0.4) is 0 Å². The fraction of sp³-hybridized carbons (Fsp3) is 0.222. The van der Waals surface area contributed by atoms with Crippen molar-refractivity contribution in [2.75, 3.05) is 6.26 Å². The molecular weight excluding hydrogens is 246 g/mol. The average Bonchev–Trinajstić information content (AvgIpc) is 2.16. The lowest BCUT2D eigenvalue weighted by Crippen LogP contribution is -2.47. The first-order chi connectivity index (χ1) is 7.38. The van der Waals surface area contributed by atoms with Crippen LogP contribution >= 0.6 is 12.2 Å². The van der Waals surface area contributed by atoms with Crippen LogP contribution in [0, 0.1) is 0 Å². The van der Waals surface area contributed by atoms with Gasteiger partial charge in [-0.1, -0.05) is 30.3 Å². The van der Waals surface area contributed by atoms with Crippen molar-refractivity contribution < 1.29 is 8.42 Å². The van der Waals surface area contributed by atoms with Crippen LogP contribution in [0.1, 0.15) is 5.56 Å². The molecule has 1 aromatic carbocycles. The highest BCUT2D eigenvalue weighted by molar-refractivity contribution is 7.88. The predicted molar refractivity (Wildman–Crippen MR) is 66.7 cm³/mol. The van der Waals surface area contributed by atoms with E-state index >= 15 is 0 Å². The lowest BCUT2D eigenvalue weighted by Gasteiger charge is -2.22. The van der Waals surface area contributed by atoms with Gasteiger partial charge in [-0.15, -0.1) is 4.83 Å². The Labute approximate surface area is 100 Å². The zero-order valence-electron chi connectivity index (χ0n) is 8.75. The molecule has 0 spiro atoms. The Morgan fingerprint density at radius 1 is 1.44 bits per heavy atom. The monoisotopic (exact) mass is 259 g/mol. The van der Waals surface area contributed by atoms with Crippen LogP contribution in [-0.2, 0) is 16.6 Å². The van der Waals surface area contributed by atoms with Gasteiger partial charge in [0.05, 0.1) is 12.8 Å². The minimum absolute atomic E-state index is 0.0192. The van der Waals surface area contributed by atoms with Gasteiger partial charge in [0.15, 0.2) is 5.11 Å². The lowest BCUT2D eigenvalue weighted by atomic mass is 10.2. The molecule has 0 amide bonds. The molecule has 0 aliphatic carbocycles. The zero-order valence-corrected chi connectivity index (χ0v) is 10.4. The molecule has 88 valence electrons. The molecule has 0 radical (unpaired) electrons. The summed E-state index contributed by atoms with van der Waals surface area (Å²) in [5.41, 5.74) is 6.33. The maximum absolute atomic E-state index is 11.1. The molecule has 0 aliphatic heterocycles. The summed E-state index contributed by atoms with van der Waals surface area (Å²) in [6.45, 7) is 0.295. The second kappa shape index (κ2) is 5.24. The molecule has 0 atom stereocenters. The van der Waals surface area contributed by atoms with Crippen molar-refractivity contribution in [3.05, 3.63) is 35.9 Å². The van der Waals surface area contributed by atoms with E-state index in [-0.39, 0.29) is 5.11 Å². The van der Waals surface area contributed by atoms with Crippen LogP contribution < -0.4 is 10.6 Å². The number of nitrogens with zero attached hydrogens (tertiary/aromatic N) is 1. The summed E-state index contributed by atoms with van der Waals surface area (Å²) < 4.78 is 22.1. The van der Waals surface area contributed by atoms with E-state index in [1.807, 2.05) is 30.3 Å². The van der Waals surface area contributed by atoms with Crippen LogP contribution in [0.15, 0.2) is 30.3 Å². The zero-order chi connectivity index (χ0) is 12.2. The third kappa shape index (κ3) is 4.56. The predicted octanol–water partition coefficient (Wildman–Crippen LogP) is 0.196. The third-order valence-corrected chi connectivity index (χ3v) is 2.50. The van der Waals surface area contributed by atoms with E-state index in [9.17, 15) is 8.42 Å². The summed E-state index contributed by atoms with van der Waals surface area (Å²) in [6.07, 6.45) is 1.04. The number of nitrogens with two attached hydrogens (primary N) is 1. The molecule has 0 fully saturated rings. The summed E-state index contributed by atoms with van der Waals surface area (Å²) in [6, 6.07) is 9.30. The lowest BCUT2D eigenvalue weighted by molar-refractivity contribution is 0.374. The molecule has 0 saturated heterocycles. The third-order valence-electron chi connectivity index (χ3n) is 1.73. The molecule has 1 aromatic rings. The molecule has 7 heteroatoms. The summed E-state index contributed by atoms with van der Waals surface area (Å²) >= 11 is 4.76. The van der Waals surface area contributed by atoms with Crippen molar-refractivity contribution in [3.8, 4) is 0 Å². The molecular formula is C9H13N3O2S2. The van der Waals surface area contributed by atoms with Crippen molar-refractivity contribution in [2.45, 2.75) is 6.54 Å². The van der Waals surface area contributed by atoms with Gasteiger partial charge in [0, 0.05) is 0 Å². The van der Waals surface area contributed by atoms with Crippen molar-refractivity contribution in [1.29, 1.82) is 0 Å². The Morgan fingerprint density at radius 2 is 2.00 bits per heavy atom. The van der Waals surface area contributed by atoms with Crippen molar-refractivity contribution in [2.24, 2.45) is 5.73 Å². The Balaban J connectivity index is 2.77. The molecule has 16 heavy (non-hydrogen) atoms. The number of thiocarbonyl (C=S) groups is 1. The van der Waals surface area contributed by atoms with Crippen LogP contribution in [0.2, 0.25) is 0 Å². The first kappa shape index (κ1) is 12.9. The first-order valence-corrected chi connectivity index (χ1v) is 6.77. The summed E-state index contributed by atoms with van der Waals surface area (Å²) in [7, 11) is -3.38. The van der Waals surface area contributed by atoms with Crippen LogP contribution in [0.25, 0.3) is 0 Å². The number of sulfonamides is 1. The highest BCUT2D eigenvalue weighted by atomic mass is 32.2. The smallest absolute Gasteiger partial charge is 0.225 e. The summed E-state index contributed by atoms with van der Waals surface area (Å²) in [5, 5.41) is 1.19. The van der Waals surface area contributed by atoms with Gasteiger partial charge in [0.2, 0.25) is 10.0 Å². The van der Waals surface area contributed by atoms with E-state index in [2.05, 4.69) is 4.83 Å². The number of hydrogen-bond acceptors (Lipinski definition) is 3. The van der Waals surface area contributed by atoms with Crippen LogP contribution in [-0.4, -0.2) is 24.8 Å². The van der Waals surface area contributed by atoms with Gasteiger partial charge in [-0.05, 0) is 17.8 Å². The van der Waals surface area contributed by atoms with Gasteiger partial charge in [-0.25, -0.2) is 8.42 Å². The van der Waals surface area contributed by atoms with E-state index in [0.717, 1.165) is 11.8 Å². The van der Waals surface area contributed by atoms with Gasteiger partial charge < -0.3 is 5.73 Å². The quantitative estimate of drug-likeness (QED) is 0.596. The normalized spacial score (nSPS) is 11.1. The average molecular weight is 259 g/mol.